The summed E-state index contributed by atoms with van der Waals surface area (Å²) in [6.07, 6.45) is 0. The topological polar surface area (TPSA) is 102 Å². The lowest BCUT2D eigenvalue weighted by Crippen LogP contribution is -2.14. The molecule has 0 spiro atoms. The van der Waals surface area contributed by atoms with E-state index >= 15 is 0 Å². The molecular formula is C15H14FNO6S. The molecule has 9 heteroatoms. The number of hydrogen-bond donors (Lipinski definition) is 2. The van der Waals surface area contributed by atoms with Crippen LogP contribution in [0.3, 0.4) is 0 Å². The van der Waals surface area contributed by atoms with Crippen molar-refractivity contribution in [1.82, 2.24) is 0 Å². The second-order valence-electron chi connectivity index (χ2n) is 4.62. The molecule has 0 aliphatic rings. The van der Waals surface area contributed by atoms with Crippen LogP contribution in [-0.4, -0.2) is 33.7 Å². The highest BCUT2D eigenvalue weighted by atomic mass is 32.2. The number of carboxylic acids is 1. The van der Waals surface area contributed by atoms with Gasteiger partial charge < -0.3 is 14.6 Å². The molecule has 0 radical (unpaired) electrons. The normalized spacial score (nSPS) is 11.0. The SMILES string of the molecule is COc1ccc(NS(=O)(=O)c2ccc(OC)c(C(=O)O)c2)cc1F. The van der Waals surface area contributed by atoms with Crippen molar-refractivity contribution in [3.63, 3.8) is 0 Å². The van der Waals surface area contributed by atoms with E-state index in [1.807, 2.05) is 0 Å². The highest BCUT2D eigenvalue weighted by Crippen LogP contribution is 2.26. The maximum atomic E-state index is 13.6. The van der Waals surface area contributed by atoms with Gasteiger partial charge >= 0.3 is 5.97 Å². The van der Waals surface area contributed by atoms with Crippen molar-refractivity contribution in [2.24, 2.45) is 0 Å². The van der Waals surface area contributed by atoms with Gasteiger partial charge in [-0.1, -0.05) is 0 Å². The second-order valence-corrected chi connectivity index (χ2v) is 6.30. The molecule has 128 valence electrons. The number of sulfonamides is 1. The molecule has 0 aliphatic heterocycles. The summed E-state index contributed by atoms with van der Waals surface area (Å²) in [4.78, 5) is 10.9. The Bertz CT molecular complexity index is 882. The molecule has 2 aromatic carbocycles. The summed E-state index contributed by atoms with van der Waals surface area (Å²) in [6.45, 7) is 0. The molecule has 24 heavy (non-hydrogen) atoms. The van der Waals surface area contributed by atoms with E-state index < -0.39 is 21.8 Å². The molecule has 2 aromatic rings. The number of benzene rings is 2. The van der Waals surface area contributed by atoms with Crippen molar-refractivity contribution in [2.45, 2.75) is 4.90 Å². The minimum Gasteiger partial charge on any atom is -0.496 e. The third-order valence-electron chi connectivity index (χ3n) is 3.12. The number of methoxy groups -OCH3 is 2. The molecule has 0 atom stereocenters. The second kappa shape index (κ2) is 6.75. The van der Waals surface area contributed by atoms with Gasteiger partial charge in [0.1, 0.15) is 11.3 Å². The summed E-state index contributed by atoms with van der Waals surface area (Å²) in [5.74, 6) is -2.08. The van der Waals surface area contributed by atoms with Crippen molar-refractivity contribution < 1.29 is 32.2 Å². The lowest BCUT2D eigenvalue weighted by Gasteiger charge is -2.11. The molecule has 0 aliphatic carbocycles. The fraction of sp³-hybridized carbons (Fsp3) is 0.133. The first-order valence-electron chi connectivity index (χ1n) is 6.56. The average molecular weight is 355 g/mol. The Kier molecular flexibility index (Phi) is 4.93. The highest BCUT2D eigenvalue weighted by molar-refractivity contribution is 7.92. The lowest BCUT2D eigenvalue weighted by molar-refractivity contribution is 0.0693. The van der Waals surface area contributed by atoms with Crippen LogP contribution in [-0.2, 0) is 10.0 Å². The van der Waals surface area contributed by atoms with Crippen molar-refractivity contribution in [1.29, 1.82) is 0 Å². The first-order chi connectivity index (χ1) is 11.3. The summed E-state index contributed by atoms with van der Waals surface area (Å²) in [6, 6.07) is 6.92. The molecule has 0 fully saturated rings. The monoisotopic (exact) mass is 355 g/mol. The minimum absolute atomic E-state index is 0.0249. The Morgan fingerprint density at radius 2 is 1.71 bits per heavy atom. The van der Waals surface area contributed by atoms with Crippen molar-refractivity contribution in [3.8, 4) is 11.5 Å². The van der Waals surface area contributed by atoms with E-state index in [1.165, 1.54) is 38.5 Å². The fourth-order valence-electron chi connectivity index (χ4n) is 1.97. The van der Waals surface area contributed by atoms with E-state index in [9.17, 15) is 17.6 Å². The number of aromatic carboxylic acids is 1. The summed E-state index contributed by atoms with van der Waals surface area (Å²) >= 11 is 0. The van der Waals surface area contributed by atoms with Gasteiger partial charge in [-0.25, -0.2) is 17.6 Å². The molecule has 0 aromatic heterocycles. The van der Waals surface area contributed by atoms with Crippen molar-refractivity contribution >= 4 is 21.7 Å². The predicted octanol–water partition coefficient (Wildman–Crippen LogP) is 2.34. The van der Waals surface area contributed by atoms with Crippen LogP contribution in [0.2, 0.25) is 0 Å². The zero-order valence-electron chi connectivity index (χ0n) is 12.7. The van der Waals surface area contributed by atoms with Gasteiger partial charge in [-0.2, -0.15) is 0 Å². The number of carbonyl (C=O) groups is 1. The first-order valence-corrected chi connectivity index (χ1v) is 8.04. The van der Waals surface area contributed by atoms with Crippen LogP contribution in [0.4, 0.5) is 10.1 Å². The average Bonchev–Trinajstić information content (AvgIpc) is 2.54. The number of carboxylic acid groups (broad SMARTS) is 1. The quantitative estimate of drug-likeness (QED) is 0.825. The fourth-order valence-corrected chi connectivity index (χ4v) is 3.04. The number of rotatable bonds is 6. The summed E-state index contributed by atoms with van der Waals surface area (Å²) in [5, 5.41) is 9.11. The van der Waals surface area contributed by atoms with Gasteiger partial charge in [-0.3, -0.25) is 4.72 Å². The molecule has 0 saturated heterocycles. The summed E-state index contributed by atoms with van der Waals surface area (Å²) in [5.41, 5.74) is -0.331. The van der Waals surface area contributed by atoms with Crippen LogP contribution in [0.5, 0.6) is 11.5 Å². The number of halogens is 1. The molecule has 0 amide bonds. The van der Waals surface area contributed by atoms with E-state index in [4.69, 9.17) is 14.6 Å². The summed E-state index contributed by atoms with van der Waals surface area (Å²) in [7, 11) is -1.55. The lowest BCUT2D eigenvalue weighted by atomic mass is 10.2. The number of anilines is 1. The molecule has 2 N–H and O–H groups in total. The van der Waals surface area contributed by atoms with E-state index in [0.717, 1.165) is 12.1 Å². The third kappa shape index (κ3) is 3.57. The van der Waals surface area contributed by atoms with Gasteiger partial charge in [-0.05, 0) is 30.3 Å². The van der Waals surface area contributed by atoms with Crippen LogP contribution in [0.1, 0.15) is 10.4 Å². The van der Waals surface area contributed by atoms with Gasteiger partial charge in [0.2, 0.25) is 0 Å². The first kappa shape index (κ1) is 17.5. The van der Waals surface area contributed by atoms with Crippen LogP contribution in [0.25, 0.3) is 0 Å². The number of nitrogens with one attached hydrogen (secondary N) is 1. The molecule has 0 unspecified atom stereocenters. The Hall–Kier alpha value is -2.81. The Morgan fingerprint density at radius 1 is 1.08 bits per heavy atom. The largest absolute Gasteiger partial charge is 0.496 e. The number of hydrogen-bond acceptors (Lipinski definition) is 5. The van der Waals surface area contributed by atoms with Crippen LogP contribution in [0, 0.1) is 5.82 Å². The molecule has 7 nitrogen and oxygen atoms in total. The highest BCUT2D eigenvalue weighted by Gasteiger charge is 2.20. The Morgan fingerprint density at radius 3 is 2.25 bits per heavy atom. The van der Waals surface area contributed by atoms with Crippen LogP contribution >= 0.6 is 0 Å². The summed E-state index contributed by atoms with van der Waals surface area (Å²) < 4.78 is 50.1. The minimum atomic E-state index is -4.11. The molecule has 0 heterocycles. The smallest absolute Gasteiger partial charge is 0.339 e. The van der Waals surface area contributed by atoms with Gasteiger partial charge in [0.25, 0.3) is 10.0 Å². The maximum absolute atomic E-state index is 13.6. The molecular weight excluding hydrogens is 341 g/mol. The van der Waals surface area contributed by atoms with E-state index in [-0.39, 0.29) is 27.6 Å². The van der Waals surface area contributed by atoms with Gasteiger partial charge in [0.15, 0.2) is 11.6 Å². The molecule has 2 rings (SSSR count). The van der Waals surface area contributed by atoms with Gasteiger partial charge in [0, 0.05) is 6.07 Å². The van der Waals surface area contributed by atoms with E-state index in [1.54, 1.807) is 0 Å². The predicted molar refractivity (Wildman–Crippen MR) is 83.7 cm³/mol. The number of ether oxygens (including phenoxy) is 2. The van der Waals surface area contributed by atoms with Crippen molar-refractivity contribution in [2.75, 3.05) is 18.9 Å². The van der Waals surface area contributed by atoms with Gasteiger partial charge in [0.05, 0.1) is 24.8 Å². The Balaban J connectivity index is 2.39. The standard InChI is InChI=1S/C15H14FNO6S/c1-22-13-6-4-10(8-11(13)15(18)19)24(20,21)17-9-3-5-14(23-2)12(16)7-9/h3-8,17H,1-2H3,(H,18,19). The van der Waals surface area contributed by atoms with Crippen LogP contribution in [0.15, 0.2) is 41.3 Å². The van der Waals surface area contributed by atoms with Crippen LogP contribution < -0.4 is 14.2 Å². The van der Waals surface area contributed by atoms with Crippen molar-refractivity contribution in [3.05, 3.63) is 47.8 Å². The zero-order chi connectivity index (χ0) is 17.9. The maximum Gasteiger partial charge on any atom is 0.339 e. The van der Waals surface area contributed by atoms with E-state index in [2.05, 4.69) is 4.72 Å². The molecule has 0 saturated carbocycles. The Labute approximate surface area is 137 Å². The van der Waals surface area contributed by atoms with E-state index in [0.29, 0.717) is 0 Å². The van der Waals surface area contributed by atoms with Gasteiger partial charge in [-0.15, -0.1) is 0 Å². The zero-order valence-corrected chi connectivity index (χ0v) is 13.6. The third-order valence-corrected chi connectivity index (χ3v) is 4.49. The molecule has 0 bridgehead atoms.